The van der Waals surface area contributed by atoms with E-state index in [2.05, 4.69) is 0 Å². The van der Waals surface area contributed by atoms with Gasteiger partial charge in [-0.2, -0.15) is 0 Å². The molecule has 0 radical (unpaired) electrons. The van der Waals surface area contributed by atoms with Gasteiger partial charge in [-0.05, 0) is 37.1 Å². The number of halogens is 1. The van der Waals surface area contributed by atoms with Crippen molar-refractivity contribution in [2.75, 3.05) is 13.2 Å². The summed E-state index contributed by atoms with van der Waals surface area (Å²) < 4.78 is 9.79. The van der Waals surface area contributed by atoms with Crippen LogP contribution in [0.2, 0.25) is 5.02 Å². The molecule has 0 amide bonds. The molecule has 0 heterocycles. The highest BCUT2D eigenvalue weighted by atomic mass is 35.5. The van der Waals surface area contributed by atoms with Crippen molar-refractivity contribution >= 4 is 23.5 Å². The van der Waals surface area contributed by atoms with Crippen LogP contribution in [0.25, 0.3) is 0 Å². The molecule has 1 aromatic carbocycles. The SMILES string of the molecule is CCOC(=O)Cc1ccc(Cl)cc1CC(=O)OCC. The Hall–Kier alpha value is -1.55. The molecule has 19 heavy (non-hydrogen) atoms. The molecule has 0 aromatic heterocycles. The minimum absolute atomic E-state index is 0.100. The fraction of sp³-hybridized carbons (Fsp3) is 0.429. The minimum Gasteiger partial charge on any atom is -0.466 e. The molecule has 0 bridgehead atoms. The average Bonchev–Trinajstić information content (AvgIpc) is 2.33. The van der Waals surface area contributed by atoms with E-state index in [1.165, 1.54) is 0 Å². The van der Waals surface area contributed by atoms with Crippen LogP contribution in [-0.4, -0.2) is 25.2 Å². The summed E-state index contributed by atoms with van der Waals surface area (Å²) in [4.78, 5) is 23.0. The lowest BCUT2D eigenvalue weighted by Gasteiger charge is -2.09. The van der Waals surface area contributed by atoms with E-state index in [0.717, 1.165) is 5.56 Å². The fourth-order valence-corrected chi connectivity index (χ4v) is 1.86. The third-order valence-corrected chi connectivity index (χ3v) is 2.68. The number of benzene rings is 1. The van der Waals surface area contributed by atoms with Gasteiger partial charge in [-0.15, -0.1) is 0 Å². The molecule has 0 aliphatic heterocycles. The molecule has 0 N–H and O–H groups in total. The number of hydrogen-bond acceptors (Lipinski definition) is 4. The number of esters is 2. The smallest absolute Gasteiger partial charge is 0.310 e. The number of hydrogen-bond donors (Lipinski definition) is 0. The molecule has 0 aliphatic rings. The summed E-state index contributed by atoms with van der Waals surface area (Å²) in [6.45, 7) is 4.15. The maximum absolute atomic E-state index is 11.5. The summed E-state index contributed by atoms with van der Waals surface area (Å²) in [5.74, 6) is -0.662. The Balaban J connectivity index is 2.85. The van der Waals surface area contributed by atoms with E-state index in [4.69, 9.17) is 21.1 Å². The van der Waals surface area contributed by atoms with Crippen molar-refractivity contribution < 1.29 is 19.1 Å². The topological polar surface area (TPSA) is 52.6 Å². The van der Waals surface area contributed by atoms with Gasteiger partial charge in [0.1, 0.15) is 0 Å². The predicted octanol–water partition coefficient (Wildman–Crippen LogP) is 2.55. The van der Waals surface area contributed by atoms with Crippen molar-refractivity contribution in [2.24, 2.45) is 0 Å². The Morgan fingerprint density at radius 2 is 1.53 bits per heavy atom. The molecule has 0 atom stereocenters. The first-order valence-electron chi connectivity index (χ1n) is 6.15. The Bertz CT molecular complexity index is 457. The molecule has 0 spiro atoms. The number of carbonyl (C=O) groups is 2. The Morgan fingerprint density at radius 1 is 1.00 bits per heavy atom. The minimum atomic E-state index is -0.338. The van der Waals surface area contributed by atoms with Crippen LogP contribution in [0.3, 0.4) is 0 Å². The van der Waals surface area contributed by atoms with Crippen molar-refractivity contribution in [3.05, 3.63) is 34.3 Å². The third kappa shape index (κ3) is 5.30. The lowest BCUT2D eigenvalue weighted by molar-refractivity contribution is -0.143. The van der Waals surface area contributed by atoms with Crippen molar-refractivity contribution in [2.45, 2.75) is 26.7 Å². The van der Waals surface area contributed by atoms with Crippen LogP contribution in [0.5, 0.6) is 0 Å². The van der Waals surface area contributed by atoms with Crippen molar-refractivity contribution in [3.8, 4) is 0 Å². The molecular formula is C14H17ClO4. The molecule has 104 valence electrons. The van der Waals surface area contributed by atoms with E-state index >= 15 is 0 Å². The van der Waals surface area contributed by atoms with Gasteiger partial charge in [0.05, 0.1) is 26.1 Å². The summed E-state index contributed by atoms with van der Waals surface area (Å²) >= 11 is 5.91. The van der Waals surface area contributed by atoms with Gasteiger partial charge in [-0.25, -0.2) is 0 Å². The monoisotopic (exact) mass is 284 g/mol. The van der Waals surface area contributed by atoms with Gasteiger partial charge in [-0.1, -0.05) is 17.7 Å². The molecule has 1 aromatic rings. The summed E-state index contributed by atoms with van der Waals surface area (Å²) in [6, 6.07) is 5.09. The summed E-state index contributed by atoms with van der Waals surface area (Å²) in [5, 5.41) is 0.520. The number of carbonyl (C=O) groups excluding carboxylic acids is 2. The first-order chi connectivity index (χ1) is 9.06. The zero-order chi connectivity index (χ0) is 14.3. The molecule has 0 saturated heterocycles. The Morgan fingerprint density at radius 3 is 2.05 bits per heavy atom. The van der Waals surface area contributed by atoms with Gasteiger partial charge in [0.25, 0.3) is 0 Å². The van der Waals surface area contributed by atoms with E-state index in [1.807, 2.05) is 0 Å². The fourth-order valence-electron chi connectivity index (χ4n) is 1.67. The first-order valence-corrected chi connectivity index (χ1v) is 6.53. The van der Waals surface area contributed by atoms with Crippen molar-refractivity contribution in [1.82, 2.24) is 0 Å². The van der Waals surface area contributed by atoms with Gasteiger partial charge in [-0.3, -0.25) is 9.59 Å². The van der Waals surface area contributed by atoms with E-state index in [9.17, 15) is 9.59 Å². The average molecular weight is 285 g/mol. The second kappa shape index (κ2) is 7.79. The van der Waals surface area contributed by atoms with E-state index in [-0.39, 0.29) is 24.8 Å². The highest BCUT2D eigenvalue weighted by Crippen LogP contribution is 2.18. The van der Waals surface area contributed by atoms with Gasteiger partial charge >= 0.3 is 11.9 Å². The van der Waals surface area contributed by atoms with Crippen LogP contribution in [0, 0.1) is 0 Å². The van der Waals surface area contributed by atoms with E-state index in [0.29, 0.717) is 23.8 Å². The zero-order valence-electron chi connectivity index (χ0n) is 11.1. The number of ether oxygens (including phenoxy) is 2. The first kappa shape index (κ1) is 15.5. The molecule has 4 nitrogen and oxygen atoms in total. The quantitative estimate of drug-likeness (QED) is 0.753. The molecular weight excluding hydrogens is 268 g/mol. The van der Waals surface area contributed by atoms with Crippen molar-refractivity contribution in [3.63, 3.8) is 0 Å². The highest BCUT2D eigenvalue weighted by Gasteiger charge is 2.13. The third-order valence-electron chi connectivity index (χ3n) is 2.45. The van der Waals surface area contributed by atoms with Gasteiger partial charge in [0.15, 0.2) is 0 Å². The maximum atomic E-state index is 11.5. The Labute approximate surface area is 117 Å². The van der Waals surface area contributed by atoms with Gasteiger partial charge < -0.3 is 9.47 Å². The standard InChI is InChI=1S/C14H17ClO4/c1-3-18-13(16)8-10-5-6-12(15)7-11(10)9-14(17)19-4-2/h5-7H,3-4,8-9H2,1-2H3. The van der Waals surface area contributed by atoms with Crippen LogP contribution in [0.15, 0.2) is 18.2 Å². The molecule has 0 aliphatic carbocycles. The Kier molecular flexibility index (Phi) is 6.36. The normalized spacial score (nSPS) is 10.1. The molecule has 0 fully saturated rings. The molecule has 1 rings (SSSR count). The number of rotatable bonds is 6. The molecule has 0 saturated carbocycles. The molecule has 0 unspecified atom stereocenters. The summed E-state index contributed by atoms with van der Waals surface area (Å²) in [5.41, 5.74) is 1.43. The summed E-state index contributed by atoms with van der Waals surface area (Å²) in [6.07, 6.45) is 0.225. The van der Waals surface area contributed by atoms with Crippen LogP contribution in [-0.2, 0) is 31.9 Å². The second-order valence-electron chi connectivity index (χ2n) is 3.88. The van der Waals surface area contributed by atoms with E-state index in [1.54, 1.807) is 32.0 Å². The molecule has 5 heteroatoms. The van der Waals surface area contributed by atoms with Crippen LogP contribution in [0.1, 0.15) is 25.0 Å². The largest absolute Gasteiger partial charge is 0.466 e. The van der Waals surface area contributed by atoms with Crippen LogP contribution >= 0.6 is 11.6 Å². The van der Waals surface area contributed by atoms with Gasteiger partial charge in [0, 0.05) is 5.02 Å². The van der Waals surface area contributed by atoms with Crippen LogP contribution in [0.4, 0.5) is 0 Å². The van der Waals surface area contributed by atoms with E-state index < -0.39 is 0 Å². The van der Waals surface area contributed by atoms with Gasteiger partial charge in [0.2, 0.25) is 0 Å². The van der Waals surface area contributed by atoms with Crippen LogP contribution < -0.4 is 0 Å². The summed E-state index contributed by atoms with van der Waals surface area (Å²) in [7, 11) is 0. The lowest BCUT2D eigenvalue weighted by atomic mass is 10.0. The maximum Gasteiger partial charge on any atom is 0.310 e. The lowest BCUT2D eigenvalue weighted by Crippen LogP contribution is -2.13. The highest BCUT2D eigenvalue weighted by molar-refractivity contribution is 6.30. The zero-order valence-corrected chi connectivity index (χ0v) is 11.8. The predicted molar refractivity (Wildman–Crippen MR) is 72.1 cm³/mol. The second-order valence-corrected chi connectivity index (χ2v) is 4.31. The van der Waals surface area contributed by atoms with Crippen molar-refractivity contribution in [1.29, 1.82) is 0 Å².